The lowest BCUT2D eigenvalue weighted by molar-refractivity contribution is -0.384. The van der Waals surface area contributed by atoms with Crippen molar-refractivity contribution in [2.45, 2.75) is 25.1 Å². The molecule has 0 radical (unpaired) electrons. The third kappa shape index (κ3) is 5.76. The predicted molar refractivity (Wildman–Crippen MR) is 102 cm³/mol. The minimum atomic E-state index is -0.415. The molecular weight excluding hydrogens is 360 g/mol. The Morgan fingerprint density at radius 1 is 1.20 bits per heavy atom. The van der Waals surface area contributed by atoms with Crippen LogP contribution in [0.25, 0.3) is 0 Å². The maximum atomic E-state index is 12.1. The van der Waals surface area contributed by atoms with E-state index in [1.54, 1.807) is 24.3 Å². The minimum absolute atomic E-state index is 0.0171. The Kier molecular flexibility index (Phi) is 6.84. The Labute approximate surface area is 155 Å². The molecule has 0 aromatic heterocycles. The molecule has 7 heteroatoms. The molecule has 0 saturated carbocycles. The monoisotopic (exact) mass is 378 g/mol. The Morgan fingerprint density at radius 2 is 1.88 bits per heavy atom. The van der Waals surface area contributed by atoms with Gasteiger partial charge in [0.2, 0.25) is 5.91 Å². The molecule has 5 nitrogen and oxygen atoms in total. The fourth-order valence-electron chi connectivity index (χ4n) is 2.31. The first-order chi connectivity index (χ1) is 11.9. The highest BCUT2D eigenvalue weighted by Crippen LogP contribution is 2.30. The second kappa shape index (κ2) is 8.87. The summed E-state index contributed by atoms with van der Waals surface area (Å²) in [5.74, 6) is 0.201. The number of hydrogen-bond donors (Lipinski definition) is 1. The number of non-ortho nitro benzene ring substituents is 1. The van der Waals surface area contributed by atoms with Gasteiger partial charge in [-0.2, -0.15) is 0 Å². The van der Waals surface area contributed by atoms with Gasteiger partial charge < -0.3 is 5.32 Å². The largest absolute Gasteiger partial charge is 0.349 e. The number of nitrogens with zero attached hydrogens (tertiary/aromatic N) is 1. The molecule has 0 aliphatic heterocycles. The van der Waals surface area contributed by atoms with Gasteiger partial charge in [-0.1, -0.05) is 35.9 Å². The van der Waals surface area contributed by atoms with Crippen LogP contribution in [0, 0.1) is 10.1 Å². The van der Waals surface area contributed by atoms with Gasteiger partial charge in [0.15, 0.2) is 0 Å². The maximum Gasteiger partial charge on any atom is 0.269 e. The summed E-state index contributed by atoms with van der Waals surface area (Å²) in [5.41, 5.74) is 1.87. The molecule has 2 aromatic carbocycles. The van der Waals surface area contributed by atoms with Crippen LogP contribution in [-0.4, -0.2) is 16.6 Å². The molecule has 25 heavy (non-hydrogen) atoms. The van der Waals surface area contributed by atoms with E-state index in [1.165, 1.54) is 17.8 Å². The van der Waals surface area contributed by atoms with Crippen molar-refractivity contribution >= 4 is 35.0 Å². The van der Waals surface area contributed by atoms with Crippen LogP contribution in [0.2, 0.25) is 5.02 Å². The van der Waals surface area contributed by atoms with Crippen LogP contribution >= 0.6 is 23.4 Å². The molecule has 2 atom stereocenters. The first-order valence-corrected chi connectivity index (χ1v) is 9.20. The van der Waals surface area contributed by atoms with Gasteiger partial charge in [-0.15, -0.1) is 11.8 Å². The molecule has 2 rings (SSSR count). The third-order valence-electron chi connectivity index (χ3n) is 3.76. The van der Waals surface area contributed by atoms with Gasteiger partial charge in [0.1, 0.15) is 0 Å². The molecule has 0 aliphatic carbocycles. The predicted octanol–water partition coefficient (Wildman–Crippen LogP) is 4.92. The summed E-state index contributed by atoms with van der Waals surface area (Å²) in [6.45, 7) is 3.84. The van der Waals surface area contributed by atoms with Crippen LogP contribution < -0.4 is 5.32 Å². The first-order valence-electron chi connectivity index (χ1n) is 7.77. The van der Waals surface area contributed by atoms with E-state index in [2.05, 4.69) is 5.32 Å². The van der Waals surface area contributed by atoms with E-state index in [9.17, 15) is 14.9 Å². The van der Waals surface area contributed by atoms with Gasteiger partial charge in [-0.3, -0.25) is 14.9 Å². The second-order valence-electron chi connectivity index (χ2n) is 5.65. The standard InChI is InChI=1S/C18H19ClN2O3S/c1-12(14-6-8-16(19)9-7-14)20-18(22)11-25-13(2)15-4-3-5-17(10-15)21(23)24/h3-10,12-13H,11H2,1-2H3,(H,20,22)/t12-,13-/m1/s1. The van der Waals surface area contributed by atoms with E-state index in [1.807, 2.05) is 32.0 Å². The number of amides is 1. The van der Waals surface area contributed by atoms with E-state index >= 15 is 0 Å². The molecule has 1 N–H and O–H groups in total. The van der Waals surface area contributed by atoms with E-state index in [0.717, 1.165) is 11.1 Å². The van der Waals surface area contributed by atoms with Crippen molar-refractivity contribution in [1.82, 2.24) is 5.32 Å². The lowest BCUT2D eigenvalue weighted by Crippen LogP contribution is -2.28. The Hall–Kier alpha value is -2.05. The lowest BCUT2D eigenvalue weighted by atomic mass is 10.1. The number of thioether (sulfide) groups is 1. The highest BCUT2D eigenvalue weighted by Gasteiger charge is 2.14. The van der Waals surface area contributed by atoms with E-state index < -0.39 is 4.92 Å². The zero-order valence-corrected chi connectivity index (χ0v) is 15.5. The topological polar surface area (TPSA) is 72.2 Å². The fraction of sp³-hybridized carbons (Fsp3) is 0.278. The Bertz CT molecular complexity index is 752. The zero-order valence-electron chi connectivity index (χ0n) is 13.9. The molecule has 0 heterocycles. The molecular formula is C18H19ClN2O3S. The highest BCUT2D eigenvalue weighted by molar-refractivity contribution is 8.00. The van der Waals surface area contributed by atoms with Gasteiger partial charge in [0, 0.05) is 22.4 Å². The summed E-state index contributed by atoms with van der Waals surface area (Å²) in [4.78, 5) is 22.6. The zero-order chi connectivity index (χ0) is 18.4. The van der Waals surface area contributed by atoms with Gasteiger partial charge in [0.25, 0.3) is 5.69 Å². The van der Waals surface area contributed by atoms with E-state index in [-0.39, 0.29) is 28.6 Å². The van der Waals surface area contributed by atoms with Crippen LogP contribution in [0.4, 0.5) is 5.69 Å². The molecule has 132 valence electrons. The number of rotatable bonds is 7. The van der Waals surface area contributed by atoms with E-state index in [4.69, 9.17) is 11.6 Å². The molecule has 0 fully saturated rings. The van der Waals surface area contributed by atoms with Gasteiger partial charge >= 0.3 is 0 Å². The van der Waals surface area contributed by atoms with Gasteiger partial charge in [-0.25, -0.2) is 0 Å². The number of hydrogen-bond acceptors (Lipinski definition) is 4. The summed E-state index contributed by atoms with van der Waals surface area (Å²) >= 11 is 7.30. The summed E-state index contributed by atoms with van der Waals surface area (Å²) in [7, 11) is 0. The highest BCUT2D eigenvalue weighted by atomic mass is 35.5. The Balaban J connectivity index is 1.87. The first kappa shape index (κ1) is 19.3. The average Bonchev–Trinajstić information content (AvgIpc) is 2.60. The molecule has 0 saturated heterocycles. The molecule has 0 bridgehead atoms. The van der Waals surface area contributed by atoms with Crippen molar-refractivity contribution in [1.29, 1.82) is 0 Å². The Morgan fingerprint density at radius 3 is 2.52 bits per heavy atom. The van der Waals surface area contributed by atoms with Crippen LogP contribution in [0.1, 0.15) is 36.3 Å². The second-order valence-corrected chi connectivity index (χ2v) is 7.41. The van der Waals surface area contributed by atoms with Crippen LogP contribution in [0.15, 0.2) is 48.5 Å². The van der Waals surface area contributed by atoms with E-state index in [0.29, 0.717) is 5.02 Å². The normalized spacial score (nSPS) is 13.1. The average molecular weight is 379 g/mol. The van der Waals surface area contributed by atoms with Gasteiger partial charge in [0.05, 0.1) is 16.7 Å². The minimum Gasteiger partial charge on any atom is -0.349 e. The molecule has 0 spiro atoms. The summed E-state index contributed by atoms with van der Waals surface area (Å²) in [5, 5.41) is 14.4. The van der Waals surface area contributed by atoms with Crippen molar-refractivity contribution < 1.29 is 9.72 Å². The number of carbonyl (C=O) groups excluding carboxylic acids is 1. The number of nitro benzene ring substituents is 1. The fourth-order valence-corrected chi connectivity index (χ4v) is 3.26. The molecule has 1 amide bonds. The SMILES string of the molecule is C[C@@H](NC(=O)CS[C@H](C)c1cccc([N+](=O)[O-])c1)c1ccc(Cl)cc1. The number of benzene rings is 2. The number of nitro groups is 1. The molecule has 0 unspecified atom stereocenters. The van der Waals surface area contributed by atoms with Crippen molar-refractivity contribution in [3.05, 3.63) is 74.8 Å². The van der Waals surface area contributed by atoms with Crippen LogP contribution in [-0.2, 0) is 4.79 Å². The van der Waals surface area contributed by atoms with Crippen LogP contribution in [0.5, 0.6) is 0 Å². The number of nitrogens with one attached hydrogen (secondary N) is 1. The molecule has 0 aliphatic rings. The van der Waals surface area contributed by atoms with Crippen molar-refractivity contribution in [2.24, 2.45) is 0 Å². The smallest absolute Gasteiger partial charge is 0.269 e. The lowest BCUT2D eigenvalue weighted by Gasteiger charge is -2.16. The van der Waals surface area contributed by atoms with Crippen LogP contribution in [0.3, 0.4) is 0 Å². The molecule has 2 aromatic rings. The summed E-state index contributed by atoms with van der Waals surface area (Å²) < 4.78 is 0. The van der Waals surface area contributed by atoms with Crippen molar-refractivity contribution in [2.75, 3.05) is 5.75 Å². The van der Waals surface area contributed by atoms with Gasteiger partial charge in [-0.05, 0) is 37.1 Å². The third-order valence-corrected chi connectivity index (χ3v) is 5.22. The summed E-state index contributed by atoms with van der Waals surface area (Å²) in [6.07, 6.45) is 0. The van der Waals surface area contributed by atoms with Crippen molar-refractivity contribution in [3.8, 4) is 0 Å². The van der Waals surface area contributed by atoms with Crippen molar-refractivity contribution in [3.63, 3.8) is 0 Å². The summed E-state index contributed by atoms with van der Waals surface area (Å²) in [6, 6.07) is 13.7. The maximum absolute atomic E-state index is 12.1. The number of carbonyl (C=O) groups is 1. The number of halogens is 1. The quantitative estimate of drug-likeness (QED) is 0.548.